The Morgan fingerprint density at radius 3 is 2.31 bits per heavy atom. The number of benzene rings is 3. The van der Waals surface area contributed by atoms with Crippen molar-refractivity contribution in [2.24, 2.45) is 16.9 Å². The second-order valence-corrected chi connectivity index (χ2v) is 11.9. The Bertz CT molecular complexity index is 1410. The van der Waals surface area contributed by atoms with E-state index in [0.29, 0.717) is 12.1 Å². The van der Waals surface area contributed by atoms with Crippen molar-refractivity contribution in [3.8, 4) is 0 Å². The highest BCUT2D eigenvalue weighted by atomic mass is 35.5. The average Bonchev–Trinajstić information content (AvgIpc) is 3.12. The van der Waals surface area contributed by atoms with Gasteiger partial charge in [0.05, 0.1) is 16.6 Å². The number of hydrogen-bond donors (Lipinski definition) is 4. The molecule has 1 aliphatic rings. The van der Waals surface area contributed by atoms with Crippen LogP contribution >= 0.6 is 23.2 Å². The molecule has 2 amide bonds. The van der Waals surface area contributed by atoms with E-state index in [2.05, 4.69) is 10.6 Å². The molecule has 0 radical (unpaired) electrons. The number of carbonyl (C=O) groups excluding carboxylic acids is 2. The number of hydrogen-bond acceptors (Lipinski definition) is 4. The maximum Gasteiger partial charge on any atom is 0.248 e. The predicted molar refractivity (Wildman–Crippen MR) is 150 cm³/mol. The SMILES string of the molecule is CC(C)(C)CC1NC(C(=O)Nc2ccc(C(N)=O)cc2)C(c2cccc(Cl)c2F)C1(N)c1ccc(Cl)cc1F. The first-order chi connectivity index (χ1) is 18.2. The first-order valence-corrected chi connectivity index (χ1v) is 13.1. The molecular weight excluding hydrogens is 545 g/mol. The van der Waals surface area contributed by atoms with Crippen LogP contribution in [-0.4, -0.2) is 23.9 Å². The number of primary amides is 1. The highest BCUT2D eigenvalue weighted by Crippen LogP contribution is 2.50. The molecule has 1 fully saturated rings. The summed E-state index contributed by atoms with van der Waals surface area (Å²) in [7, 11) is 0. The second-order valence-electron chi connectivity index (χ2n) is 11.1. The van der Waals surface area contributed by atoms with Gasteiger partial charge in [-0.05, 0) is 59.9 Å². The van der Waals surface area contributed by atoms with Crippen molar-refractivity contribution in [2.75, 3.05) is 5.32 Å². The molecule has 6 N–H and O–H groups in total. The average molecular weight is 575 g/mol. The van der Waals surface area contributed by atoms with Crippen molar-refractivity contribution >= 4 is 40.7 Å². The Kier molecular flexibility index (Phi) is 8.06. The summed E-state index contributed by atoms with van der Waals surface area (Å²) >= 11 is 12.2. The predicted octanol–water partition coefficient (Wildman–Crippen LogP) is 5.72. The van der Waals surface area contributed by atoms with E-state index in [4.69, 9.17) is 34.7 Å². The lowest BCUT2D eigenvalue weighted by molar-refractivity contribution is -0.118. The van der Waals surface area contributed by atoms with Gasteiger partial charge in [-0.25, -0.2) is 8.78 Å². The molecule has 3 aromatic carbocycles. The molecule has 0 aliphatic carbocycles. The quantitative estimate of drug-likeness (QED) is 0.301. The standard InChI is InChI=1S/C29H30Cl2F2N4O2/c1-28(2,3)14-22-29(35,19-12-9-16(30)13-21(19)32)23(18-5-4-6-20(31)24(18)33)25(37-22)27(39)36-17-10-7-15(8-11-17)26(34)38/h4-13,22-23,25,37H,14,35H2,1-3H3,(H2,34,38)(H,36,39). The summed E-state index contributed by atoms with van der Waals surface area (Å²) in [6.07, 6.45) is 0.432. The molecule has 10 heteroatoms. The van der Waals surface area contributed by atoms with Gasteiger partial charge in [-0.2, -0.15) is 0 Å². The fraction of sp³-hybridized carbons (Fsp3) is 0.310. The third-order valence-corrected chi connectivity index (χ3v) is 7.58. The smallest absolute Gasteiger partial charge is 0.248 e. The zero-order valence-electron chi connectivity index (χ0n) is 21.7. The van der Waals surface area contributed by atoms with Crippen LogP contribution in [0.25, 0.3) is 0 Å². The van der Waals surface area contributed by atoms with E-state index in [9.17, 15) is 9.59 Å². The molecule has 1 saturated heterocycles. The monoisotopic (exact) mass is 574 g/mol. The summed E-state index contributed by atoms with van der Waals surface area (Å²) < 4.78 is 31.2. The molecule has 1 aliphatic heterocycles. The number of nitrogens with two attached hydrogens (primary N) is 2. The minimum absolute atomic E-state index is 0.0764. The highest BCUT2D eigenvalue weighted by molar-refractivity contribution is 6.31. The number of halogens is 4. The lowest BCUT2D eigenvalue weighted by Crippen LogP contribution is -2.52. The van der Waals surface area contributed by atoms with Crippen molar-refractivity contribution in [1.29, 1.82) is 0 Å². The van der Waals surface area contributed by atoms with E-state index in [-0.39, 0.29) is 32.2 Å². The first-order valence-electron chi connectivity index (χ1n) is 12.4. The second kappa shape index (κ2) is 10.8. The number of rotatable bonds is 6. The third kappa shape index (κ3) is 5.79. The van der Waals surface area contributed by atoms with Crippen LogP contribution in [0.4, 0.5) is 14.5 Å². The molecular formula is C29H30Cl2F2N4O2. The van der Waals surface area contributed by atoms with Crippen molar-refractivity contribution < 1.29 is 18.4 Å². The summed E-state index contributed by atoms with van der Waals surface area (Å²) in [5.41, 5.74) is 11.4. The van der Waals surface area contributed by atoms with Crippen LogP contribution in [0.2, 0.25) is 10.0 Å². The maximum absolute atomic E-state index is 15.6. The van der Waals surface area contributed by atoms with E-state index in [1.165, 1.54) is 48.5 Å². The molecule has 0 spiro atoms. The van der Waals surface area contributed by atoms with Crippen molar-refractivity contribution in [3.63, 3.8) is 0 Å². The Morgan fingerprint density at radius 2 is 1.72 bits per heavy atom. The van der Waals surface area contributed by atoms with Crippen LogP contribution in [0.1, 0.15) is 54.6 Å². The Hall–Kier alpha value is -3.04. The molecule has 206 valence electrons. The molecule has 0 aromatic heterocycles. The number of nitrogens with one attached hydrogen (secondary N) is 2. The van der Waals surface area contributed by atoms with Gasteiger partial charge in [0.25, 0.3) is 0 Å². The van der Waals surface area contributed by atoms with Gasteiger partial charge in [0.1, 0.15) is 11.6 Å². The molecule has 1 heterocycles. The van der Waals surface area contributed by atoms with Crippen LogP contribution in [0.15, 0.2) is 60.7 Å². The zero-order valence-corrected chi connectivity index (χ0v) is 23.2. The largest absolute Gasteiger partial charge is 0.366 e. The van der Waals surface area contributed by atoms with E-state index in [1.54, 1.807) is 6.07 Å². The molecule has 6 nitrogen and oxygen atoms in total. The molecule has 0 bridgehead atoms. The van der Waals surface area contributed by atoms with Crippen LogP contribution < -0.4 is 22.1 Å². The fourth-order valence-corrected chi connectivity index (χ4v) is 5.68. The molecule has 39 heavy (non-hydrogen) atoms. The highest BCUT2D eigenvalue weighted by Gasteiger charge is 2.58. The summed E-state index contributed by atoms with van der Waals surface area (Å²) in [5, 5.41) is 6.14. The van der Waals surface area contributed by atoms with Gasteiger partial charge in [-0.1, -0.05) is 62.2 Å². The zero-order chi connectivity index (χ0) is 28.7. The van der Waals surface area contributed by atoms with Gasteiger partial charge in [0.15, 0.2) is 0 Å². The van der Waals surface area contributed by atoms with Gasteiger partial charge >= 0.3 is 0 Å². The lowest BCUT2D eigenvalue weighted by Gasteiger charge is -2.40. The summed E-state index contributed by atoms with van der Waals surface area (Å²) in [6, 6.07) is 12.9. The molecule has 3 aromatic rings. The van der Waals surface area contributed by atoms with E-state index in [1.807, 2.05) is 20.8 Å². The Labute approximate surface area is 236 Å². The first kappa shape index (κ1) is 29.0. The van der Waals surface area contributed by atoms with Crippen molar-refractivity contribution in [2.45, 2.75) is 50.7 Å². The van der Waals surface area contributed by atoms with Crippen LogP contribution in [0.5, 0.6) is 0 Å². The number of amides is 2. The van der Waals surface area contributed by atoms with Crippen molar-refractivity contribution in [1.82, 2.24) is 5.32 Å². The van der Waals surface area contributed by atoms with Gasteiger partial charge in [-0.15, -0.1) is 0 Å². The van der Waals surface area contributed by atoms with E-state index < -0.39 is 47.0 Å². The van der Waals surface area contributed by atoms with Crippen LogP contribution in [0.3, 0.4) is 0 Å². The topological polar surface area (TPSA) is 110 Å². The summed E-state index contributed by atoms with van der Waals surface area (Å²) in [5.74, 6) is -3.60. The number of carbonyl (C=O) groups is 2. The third-order valence-electron chi connectivity index (χ3n) is 7.06. The Morgan fingerprint density at radius 1 is 1.05 bits per heavy atom. The number of anilines is 1. The van der Waals surface area contributed by atoms with E-state index >= 15 is 8.78 Å². The van der Waals surface area contributed by atoms with Crippen LogP contribution in [0, 0.1) is 17.0 Å². The van der Waals surface area contributed by atoms with Crippen LogP contribution in [-0.2, 0) is 10.3 Å². The van der Waals surface area contributed by atoms with Gasteiger partial charge < -0.3 is 22.1 Å². The lowest BCUT2D eigenvalue weighted by atomic mass is 9.68. The fourth-order valence-electron chi connectivity index (χ4n) is 5.34. The summed E-state index contributed by atoms with van der Waals surface area (Å²) in [4.78, 5) is 25.2. The Balaban J connectivity index is 1.87. The maximum atomic E-state index is 15.6. The minimum atomic E-state index is -1.58. The molecule has 4 rings (SSSR count). The normalized spacial score (nSPS) is 23.0. The molecule has 0 saturated carbocycles. The summed E-state index contributed by atoms with van der Waals surface area (Å²) in [6.45, 7) is 5.99. The minimum Gasteiger partial charge on any atom is -0.366 e. The molecule has 4 atom stereocenters. The molecule has 4 unspecified atom stereocenters. The van der Waals surface area contributed by atoms with Gasteiger partial charge in [0.2, 0.25) is 11.8 Å². The van der Waals surface area contributed by atoms with Gasteiger partial charge in [-0.3, -0.25) is 9.59 Å². The van der Waals surface area contributed by atoms with E-state index in [0.717, 1.165) is 6.07 Å². The van der Waals surface area contributed by atoms with Crippen molar-refractivity contribution in [3.05, 3.63) is 99.0 Å². The van der Waals surface area contributed by atoms with Gasteiger partial charge in [0, 0.05) is 33.8 Å².